The van der Waals surface area contributed by atoms with E-state index in [2.05, 4.69) is 19.2 Å². The van der Waals surface area contributed by atoms with Gasteiger partial charge in [-0.1, -0.05) is 20.3 Å². The molecule has 0 bridgehead atoms. The molecule has 0 aromatic rings. The Bertz CT molecular complexity index is 115. The lowest BCUT2D eigenvalue weighted by Crippen LogP contribution is -2.20. The molecule has 1 amide bonds. The van der Waals surface area contributed by atoms with Crippen LogP contribution in [-0.4, -0.2) is 19.7 Å². The van der Waals surface area contributed by atoms with Crippen LogP contribution in [0.15, 0.2) is 0 Å². The molecule has 1 unspecified atom stereocenters. The Hall–Kier alpha value is -0.730. The van der Waals surface area contributed by atoms with Crippen LogP contribution in [-0.2, 0) is 4.74 Å². The molecule has 11 heavy (non-hydrogen) atoms. The second-order valence-corrected chi connectivity index (χ2v) is 2.69. The van der Waals surface area contributed by atoms with Crippen molar-refractivity contribution in [2.75, 3.05) is 13.7 Å². The Labute approximate surface area is 68.1 Å². The fourth-order valence-electron chi connectivity index (χ4n) is 0.629. The van der Waals surface area contributed by atoms with Gasteiger partial charge in [-0.3, -0.25) is 0 Å². The topological polar surface area (TPSA) is 38.3 Å². The molecule has 0 saturated carbocycles. The number of carbonyl (C=O) groups excluding carboxylic acids is 1. The van der Waals surface area contributed by atoms with Crippen molar-refractivity contribution >= 4 is 6.09 Å². The molecular weight excluding hydrogens is 142 g/mol. The second-order valence-electron chi connectivity index (χ2n) is 2.69. The van der Waals surface area contributed by atoms with Gasteiger partial charge in [-0.05, 0) is 12.3 Å². The first-order chi connectivity index (χ1) is 5.20. The lowest BCUT2D eigenvalue weighted by atomic mass is 10.1. The van der Waals surface area contributed by atoms with Gasteiger partial charge in [0.1, 0.15) is 0 Å². The molecule has 0 rings (SSSR count). The first kappa shape index (κ1) is 10.3. The molecule has 0 saturated heterocycles. The predicted octanol–water partition coefficient (Wildman–Crippen LogP) is 1.78. The lowest BCUT2D eigenvalue weighted by Gasteiger charge is -2.07. The van der Waals surface area contributed by atoms with Crippen molar-refractivity contribution in [3.05, 3.63) is 0 Å². The summed E-state index contributed by atoms with van der Waals surface area (Å²) in [6.07, 6.45) is 1.74. The molecule has 1 atom stereocenters. The summed E-state index contributed by atoms with van der Waals surface area (Å²) in [7, 11) is 1.56. The number of carbonyl (C=O) groups is 1. The average molecular weight is 159 g/mol. The number of hydrogen-bond acceptors (Lipinski definition) is 2. The molecule has 3 nitrogen and oxygen atoms in total. The standard InChI is InChI=1S/C8H17NO2/c1-4-7(2)5-6-11-8(10)9-3/h7H,4-6H2,1-3H3,(H,9,10). The van der Waals surface area contributed by atoms with E-state index in [1.54, 1.807) is 7.05 Å². The minimum Gasteiger partial charge on any atom is -0.450 e. The molecule has 0 heterocycles. The number of ether oxygens (including phenoxy) is 1. The van der Waals surface area contributed by atoms with Crippen molar-refractivity contribution in [3.8, 4) is 0 Å². The molecule has 0 spiro atoms. The Morgan fingerprint density at radius 3 is 2.73 bits per heavy atom. The van der Waals surface area contributed by atoms with Crippen molar-refractivity contribution < 1.29 is 9.53 Å². The predicted molar refractivity (Wildman–Crippen MR) is 44.5 cm³/mol. The van der Waals surface area contributed by atoms with Crippen molar-refractivity contribution in [2.45, 2.75) is 26.7 Å². The number of alkyl carbamates (subject to hydrolysis) is 1. The van der Waals surface area contributed by atoms with E-state index < -0.39 is 0 Å². The number of amides is 1. The summed E-state index contributed by atoms with van der Waals surface area (Å²) in [6, 6.07) is 0. The highest BCUT2D eigenvalue weighted by Crippen LogP contribution is 2.05. The van der Waals surface area contributed by atoms with Crippen LogP contribution < -0.4 is 5.32 Å². The van der Waals surface area contributed by atoms with E-state index in [1.165, 1.54) is 0 Å². The van der Waals surface area contributed by atoms with Crippen LogP contribution in [0.5, 0.6) is 0 Å². The van der Waals surface area contributed by atoms with Crippen LogP contribution in [0.3, 0.4) is 0 Å². The Balaban J connectivity index is 3.20. The molecule has 0 fully saturated rings. The quantitative estimate of drug-likeness (QED) is 0.679. The third-order valence-corrected chi connectivity index (χ3v) is 1.74. The van der Waals surface area contributed by atoms with Crippen LogP contribution in [0.2, 0.25) is 0 Å². The summed E-state index contributed by atoms with van der Waals surface area (Å²) < 4.78 is 4.81. The summed E-state index contributed by atoms with van der Waals surface area (Å²) in [5.74, 6) is 0.639. The average Bonchev–Trinajstić information content (AvgIpc) is 2.04. The first-order valence-electron chi connectivity index (χ1n) is 4.05. The molecule has 66 valence electrons. The molecule has 0 aliphatic heterocycles. The van der Waals surface area contributed by atoms with Gasteiger partial charge >= 0.3 is 6.09 Å². The Morgan fingerprint density at radius 1 is 1.64 bits per heavy atom. The summed E-state index contributed by atoms with van der Waals surface area (Å²) in [5.41, 5.74) is 0. The maximum atomic E-state index is 10.5. The first-order valence-corrected chi connectivity index (χ1v) is 4.05. The number of nitrogens with one attached hydrogen (secondary N) is 1. The molecule has 3 heteroatoms. The Morgan fingerprint density at radius 2 is 2.27 bits per heavy atom. The molecule has 0 aromatic heterocycles. The van der Waals surface area contributed by atoms with Crippen molar-refractivity contribution in [3.63, 3.8) is 0 Å². The zero-order chi connectivity index (χ0) is 8.69. The van der Waals surface area contributed by atoms with Gasteiger partial charge in [0.25, 0.3) is 0 Å². The van der Waals surface area contributed by atoms with Gasteiger partial charge in [0.05, 0.1) is 6.61 Å². The van der Waals surface area contributed by atoms with E-state index in [4.69, 9.17) is 4.74 Å². The summed E-state index contributed by atoms with van der Waals surface area (Å²) in [5, 5.41) is 2.40. The summed E-state index contributed by atoms with van der Waals surface area (Å²) >= 11 is 0. The van der Waals surface area contributed by atoms with Gasteiger partial charge in [-0.2, -0.15) is 0 Å². The fraction of sp³-hybridized carbons (Fsp3) is 0.875. The third kappa shape index (κ3) is 5.70. The fourth-order valence-corrected chi connectivity index (χ4v) is 0.629. The Kier molecular flexibility index (Phi) is 5.61. The van der Waals surface area contributed by atoms with Gasteiger partial charge < -0.3 is 10.1 Å². The molecular formula is C8H17NO2. The van der Waals surface area contributed by atoms with Crippen molar-refractivity contribution in [1.82, 2.24) is 5.32 Å². The number of rotatable bonds is 4. The highest BCUT2D eigenvalue weighted by molar-refractivity contribution is 5.66. The van der Waals surface area contributed by atoms with Gasteiger partial charge in [-0.15, -0.1) is 0 Å². The minimum absolute atomic E-state index is 0.340. The van der Waals surface area contributed by atoms with E-state index in [0.29, 0.717) is 12.5 Å². The highest BCUT2D eigenvalue weighted by Gasteiger charge is 2.00. The van der Waals surface area contributed by atoms with Crippen LogP contribution in [0.1, 0.15) is 26.7 Å². The maximum Gasteiger partial charge on any atom is 0.406 e. The smallest absolute Gasteiger partial charge is 0.406 e. The zero-order valence-electron chi connectivity index (χ0n) is 7.52. The van der Waals surface area contributed by atoms with Crippen molar-refractivity contribution in [1.29, 1.82) is 0 Å². The van der Waals surface area contributed by atoms with E-state index in [9.17, 15) is 4.79 Å². The van der Waals surface area contributed by atoms with Crippen LogP contribution in [0, 0.1) is 5.92 Å². The normalized spacial score (nSPS) is 12.3. The van der Waals surface area contributed by atoms with Gasteiger partial charge in [0.15, 0.2) is 0 Å². The van der Waals surface area contributed by atoms with Crippen LogP contribution in [0.4, 0.5) is 4.79 Å². The summed E-state index contributed by atoms with van der Waals surface area (Å²) in [6.45, 7) is 4.80. The second kappa shape index (κ2) is 6.01. The van der Waals surface area contributed by atoms with E-state index in [-0.39, 0.29) is 6.09 Å². The highest BCUT2D eigenvalue weighted by atomic mass is 16.5. The van der Waals surface area contributed by atoms with E-state index >= 15 is 0 Å². The van der Waals surface area contributed by atoms with Crippen molar-refractivity contribution in [2.24, 2.45) is 5.92 Å². The van der Waals surface area contributed by atoms with Gasteiger partial charge in [0, 0.05) is 7.05 Å². The number of hydrogen-bond donors (Lipinski definition) is 1. The SMILES string of the molecule is CCC(C)CCOC(=O)NC. The van der Waals surface area contributed by atoms with E-state index in [0.717, 1.165) is 12.8 Å². The minimum atomic E-state index is -0.340. The monoisotopic (exact) mass is 159 g/mol. The van der Waals surface area contributed by atoms with E-state index in [1.807, 2.05) is 0 Å². The third-order valence-electron chi connectivity index (χ3n) is 1.74. The zero-order valence-corrected chi connectivity index (χ0v) is 7.52. The largest absolute Gasteiger partial charge is 0.450 e. The molecule has 0 aliphatic rings. The van der Waals surface area contributed by atoms with Crippen LogP contribution >= 0.6 is 0 Å². The summed E-state index contributed by atoms with van der Waals surface area (Å²) in [4.78, 5) is 10.5. The van der Waals surface area contributed by atoms with Gasteiger partial charge in [0.2, 0.25) is 0 Å². The van der Waals surface area contributed by atoms with Gasteiger partial charge in [-0.25, -0.2) is 4.79 Å². The molecule has 0 radical (unpaired) electrons. The molecule has 1 N–H and O–H groups in total. The maximum absolute atomic E-state index is 10.5. The molecule has 0 aromatic carbocycles. The lowest BCUT2D eigenvalue weighted by molar-refractivity contribution is 0.141. The molecule has 0 aliphatic carbocycles. The van der Waals surface area contributed by atoms with Crippen LogP contribution in [0.25, 0.3) is 0 Å².